The molecule has 156 valence electrons. The molecule has 0 radical (unpaired) electrons. The van der Waals surface area contributed by atoms with E-state index in [0.717, 1.165) is 17.7 Å². The molecule has 1 atom stereocenters. The van der Waals surface area contributed by atoms with Crippen molar-refractivity contribution in [2.75, 3.05) is 18.5 Å². The van der Waals surface area contributed by atoms with Crippen molar-refractivity contribution in [3.8, 4) is 11.5 Å². The second-order valence-electron chi connectivity index (χ2n) is 7.06. The first-order valence-corrected chi connectivity index (χ1v) is 10.3. The average molecular weight is 406 g/mol. The minimum Gasteiger partial charge on any atom is -0.490 e. The quantitative estimate of drug-likeness (QED) is 0.555. The Morgan fingerprint density at radius 3 is 2.67 bits per heavy atom. The number of rotatable bonds is 8. The van der Waals surface area contributed by atoms with Crippen molar-refractivity contribution >= 4 is 11.6 Å². The van der Waals surface area contributed by atoms with Gasteiger partial charge >= 0.3 is 0 Å². The molecule has 0 fully saturated rings. The van der Waals surface area contributed by atoms with Crippen LogP contribution in [0, 0.1) is 0 Å². The van der Waals surface area contributed by atoms with Gasteiger partial charge in [-0.2, -0.15) is 0 Å². The number of hydrogen-bond donors (Lipinski definition) is 1. The fourth-order valence-corrected chi connectivity index (χ4v) is 3.65. The molecule has 0 saturated heterocycles. The summed E-state index contributed by atoms with van der Waals surface area (Å²) in [6, 6.07) is 17.0. The van der Waals surface area contributed by atoms with Crippen LogP contribution in [0.3, 0.4) is 0 Å². The number of nitrogens with one attached hydrogen (secondary N) is 1. The molecule has 3 aromatic rings. The highest BCUT2D eigenvalue weighted by Crippen LogP contribution is 2.41. The molecular formula is C24H26N2O4. The van der Waals surface area contributed by atoms with E-state index in [0.29, 0.717) is 42.6 Å². The number of amides is 1. The van der Waals surface area contributed by atoms with Crippen LogP contribution in [0.5, 0.6) is 11.5 Å². The van der Waals surface area contributed by atoms with E-state index in [4.69, 9.17) is 13.9 Å². The maximum absolute atomic E-state index is 13.4. The number of nitrogens with zero attached hydrogens (tertiary/aromatic N) is 1. The van der Waals surface area contributed by atoms with Gasteiger partial charge in [0.1, 0.15) is 11.9 Å². The lowest BCUT2D eigenvalue weighted by molar-refractivity contribution is 0.0648. The fraction of sp³-hybridized carbons (Fsp3) is 0.292. The third-order valence-corrected chi connectivity index (χ3v) is 4.98. The van der Waals surface area contributed by atoms with Gasteiger partial charge in [-0.1, -0.05) is 31.2 Å². The van der Waals surface area contributed by atoms with Crippen molar-refractivity contribution in [2.24, 2.45) is 0 Å². The Kier molecular flexibility index (Phi) is 5.93. The second kappa shape index (κ2) is 8.95. The number of benzene rings is 2. The first-order valence-electron chi connectivity index (χ1n) is 10.3. The number of fused-ring (bicyclic) bond motifs is 1. The van der Waals surface area contributed by atoms with E-state index in [9.17, 15) is 4.79 Å². The molecule has 0 aliphatic carbocycles. The second-order valence-corrected chi connectivity index (χ2v) is 7.06. The number of para-hydroxylation sites is 2. The molecule has 1 unspecified atom stereocenters. The number of anilines is 1. The van der Waals surface area contributed by atoms with Crippen LogP contribution >= 0.6 is 0 Å². The summed E-state index contributed by atoms with van der Waals surface area (Å²) in [5.74, 6) is 1.99. The monoisotopic (exact) mass is 406 g/mol. The summed E-state index contributed by atoms with van der Waals surface area (Å²) in [6.45, 7) is 5.43. The Hall–Kier alpha value is -3.41. The summed E-state index contributed by atoms with van der Waals surface area (Å²) in [5, 5.41) is 3.52. The first kappa shape index (κ1) is 19.9. The standard InChI is InChI=1S/C24H26N2O4/c1-3-14-30-22-19(11-7-13-21(22)28-4-2)23-25-20-12-6-5-10-18(20)24(27)26(23)16-17-9-8-15-29-17/h5-13,15,23,25H,3-4,14,16H2,1-2H3. The predicted molar refractivity (Wildman–Crippen MR) is 115 cm³/mol. The van der Waals surface area contributed by atoms with Crippen LogP contribution in [0.4, 0.5) is 5.69 Å². The molecule has 0 spiro atoms. The van der Waals surface area contributed by atoms with Gasteiger partial charge in [0.05, 0.1) is 31.6 Å². The maximum atomic E-state index is 13.4. The number of furan rings is 1. The molecular weight excluding hydrogens is 380 g/mol. The molecule has 1 aromatic heterocycles. The third kappa shape index (κ3) is 3.85. The zero-order chi connectivity index (χ0) is 20.9. The molecule has 2 aromatic carbocycles. The maximum Gasteiger partial charge on any atom is 0.258 e. The predicted octanol–water partition coefficient (Wildman–Crippen LogP) is 5.23. The lowest BCUT2D eigenvalue weighted by Crippen LogP contribution is -2.42. The molecule has 30 heavy (non-hydrogen) atoms. The largest absolute Gasteiger partial charge is 0.490 e. The van der Waals surface area contributed by atoms with Crippen LogP contribution in [0.2, 0.25) is 0 Å². The fourth-order valence-electron chi connectivity index (χ4n) is 3.65. The van der Waals surface area contributed by atoms with Gasteiger partial charge in [0.25, 0.3) is 5.91 Å². The number of carbonyl (C=O) groups excluding carboxylic acids is 1. The van der Waals surface area contributed by atoms with Gasteiger partial charge < -0.3 is 24.1 Å². The van der Waals surface area contributed by atoms with Crippen LogP contribution in [0.1, 0.15) is 48.1 Å². The molecule has 1 aliphatic rings. The summed E-state index contributed by atoms with van der Waals surface area (Å²) in [7, 11) is 0. The van der Waals surface area contributed by atoms with Crippen molar-refractivity contribution in [3.05, 3.63) is 77.7 Å². The molecule has 1 amide bonds. The normalized spacial score (nSPS) is 15.5. The number of ether oxygens (including phenoxy) is 2. The average Bonchev–Trinajstić information content (AvgIpc) is 3.28. The third-order valence-electron chi connectivity index (χ3n) is 4.98. The van der Waals surface area contributed by atoms with E-state index in [1.807, 2.05) is 61.5 Å². The summed E-state index contributed by atoms with van der Waals surface area (Å²) >= 11 is 0. The van der Waals surface area contributed by atoms with E-state index in [1.165, 1.54) is 0 Å². The molecule has 0 saturated carbocycles. The Labute approximate surface area is 176 Å². The van der Waals surface area contributed by atoms with E-state index in [1.54, 1.807) is 11.2 Å². The van der Waals surface area contributed by atoms with Crippen molar-refractivity contribution < 1.29 is 18.7 Å². The molecule has 1 N–H and O–H groups in total. The Bertz CT molecular complexity index is 1000. The molecule has 1 aliphatic heterocycles. The van der Waals surface area contributed by atoms with Crippen LogP contribution in [-0.2, 0) is 6.54 Å². The molecule has 6 heteroatoms. The minimum atomic E-state index is -0.426. The smallest absolute Gasteiger partial charge is 0.258 e. The SMILES string of the molecule is CCCOc1c(OCC)cccc1C1Nc2ccccc2C(=O)N1Cc1ccco1. The lowest BCUT2D eigenvalue weighted by Gasteiger charge is -2.38. The van der Waals surface area contributed by atoms with Crippen LogP contribution < -0.4 is 14.8 Å². The Morgan fingerprint density at radius 2 is 1.90 bits per heavy atom. The van der Waals surface area contributed by atoms with Gasteiger partial charge in [-0.05, 0) is 43.7 Å². The summed E-state index contributed by atoms with van der Waals surface area (Å²) in [4.78, 5) is 15.2. The van der Waals surface area contributed by atoms with Crippen LogP contribution in [0.25, 0.3) is 0 Å². The van der Waals surface area contributed by atoms with Gasteiger partial charge in [0, 0.05) is 11.3 Å². The Morgan fingerprint density at radius 1 is 1.03 bits per heavy atom. The van der Waals surface area contributed by atoms with E-state index >= 15 is 0 Å². The highest BCUT2D eigenvalue weighted by Gasteiger charge is 2.35. The van der Waals surface area contributed by atoms with Gasteiger partial charge in [-0.15, -0.1) is 0 Å². The van der Waals surface area contributed by atoms with Gasteiger partial charge in [-0.3, -0.25) is 4.79 Å². The summed E-state index contributed by atoms with van der Waals surface area (Å²) in [5.41, 5.74) is 2.28. The minimum absolute atomic E-state index is 0.0611. The van der Waals surface area contributed by atoms with Crippen molar-refractivity contribution in [2.45, 2.75) is 33.0 Å². The van der Waals surface area contributed by atoms with E-state index in [-0.39, 0.29) is 5.91 Å². The molecule has 0 bridgehead atoms. The van der Waals surface area contributed by atoms with Crippen LogP contribution in [0.15, 0.2) is 65.3 Å². The topological polar surface area (TPSA) is 63.9 Å². The van der Waals surface area contributed by atoms with Gasteiger partial charge in [-0.25, -0.2) is 0 Å². The van der Waals surface area contributed by atoms with Crippen molar-refractivity contribution in [1.29, 1.82) is 0 Å². The molecule has 2 heterocycles. The number of carbonyl (C=O) groups is 1. The van der Waals surface area contributed by atoms with E-state index in [2.05, 4.69) is 12.2 Å². The van der Waals surface area contributed by atoms with Gasteiger partial charge in [0.15, 0.2) is 11.5 Å². The zero-order valence-electron chi connectivity index (χ0n) is 17.3. The molecule has 6 nitrogen and oxygen atoms in total. The summed E-state index contributed by atoms with van der Waals surface area (Å²) in [6.07, 6.45) is 2.06. The zero-order valence-corrected chi connectivity index (χ0v) is 17.3. The van der Waals surface area contributed by atoms with E-state index < -0.39 is 6.17 Å². The lowest BCUT2D eigenvalue weighted by atomic mass is 10.0. The summed E-state index contributed by atoms with van der Waals surface area (Å²) < 4.78 is 17.5. The number of hydrogen-bond acceptors (Lipinski definition) is 5. The first-order chi connectivity index (χ1) is 14.7. The molecule has 4 rings (SSSR count). The Balaban J connectivity index is 1.80. The highest BCUT2D eigenvalue weighted by molar-refractivity contribution is 6.01. The van der Waals surface area contributed by atoms with Crippen LogP contribution in [-0.4, -0.2) is 24.0 Å². The van der Waals surface area contributed by atoms with Gasteiger partial charge in [0.2, 0.25) is 0 Å². The van der Waals surface area contributed by atoms with Crippen molar-refractivity contribution in [3.63, 3.8) is 0 Å². The van der Waals surface area contributed by atoms with Crippen molar-refractivity contribution in [1.82, 2.24) is 4.90 Å². The highest BCUT2D eigenvalue weighted by atomic mass is 16.5.